The van der Waals surface area contributed by atoms with E-state index in [9.17, 15) is 4.79 Å². The number of hydrogen-bond donors (Lipinski definition) is 1. The van der Waals surface area contributed by atoms with Gasteiger partial charge in [0.15, 0.2) is 0 Å². The van der Waals surface area contributed by atoms with Gasteiger partial charge in [-0.05, 0) is 30.1 Å². The van der Waals surface area contributed by atoms with Crippen molar-refractivity contribution in [2.45, 2.75) is 32.1 Å². The smallest absolute Gasteiger partial charge is 0.263 e. The number of carbonyl (C=O) groups excluding carboxylic acids is 1. The Hall–Kier alpha value is -2.37. The highest BCUT2D eigenvalue weighted by Gasteiger charge is 2.15. The lowest BCUT2D eigenvalue weighted by molar-refractivity contribution is -0.130. The van der Waals surface area contributed by atoms with Crippen LogP contribution in [-0.4, -0.2) is 40.6 Å². The van der Waals surface area contributed by atoms with Crippen LogP contribution in [0.4, 0.5) is 5.95 Å². The number of rotatable bonds is 5. The molecule has 0 aliphatic carbocycles. The number of anilines is 1. The van der Waals surface area contributed by atoms with Gasteiger partial charge in [0, 0.05) is 31.6 Å². The molecule has 0 radical (unpaired) electrons. The minimum absolute atomic E-state index is 0.200. The first-order valence-corrected chi connectivity index (χ1v) is 8.24. The SMILES string of the molecule is O=C(CCNc1noc(-c2ccccc2)n1)N1CCCCCC1. The average molecular weight is 314 g/mol. The molecule has 0 atom stereocenters. The Bertz CT molecular complexity index is 619. The molecule has 3 rings (SSSR count). The fraction of sp³-hybridized carbons (Fsp3) is 0.471. The van der Waals surface area contributed by atoms with Crippen molar-refractivity contribution in [2.75, 3.05) is 25.0 Å². The third-order valence-electron chi connectivity index (χ3n) is 4.03. The molecule has 1 aromatic heterocycles. The van der Waals surface area contributed by atoms with Crippen molar-refractivity contribution < 1.29 is 9.32 Å². The number of likely N-dealkylation sites (tertiary alicyclic amines) is 1. The predicted molar refractivity (Wildman–Crippen MR) is 87.9 cm³/mol. The first-order valence-electron chi connectivity index (χ1n) is 8.24. The minimum Gasteiger partial charge on any atom is -0.351 e. The van der Waals surface area contributed by atoms with Crippen LogP contribution in [0.1, 0.15) is 32.1 Å². The van der Waals surface area contributed by atoms with E-state index in [-0.39, 0.29) is 5.91 Å². The fourth-order valence-corrected chi connectivity index (χ4v) is 2.75. The van der Waals surface area contributed by atoms with Gasteiger partial charge in [-0.1, -0.05) is 31.0 Å². The zero-order valence-corrected chi connectivity index (χ0v) is 13.2. The maximum Gasteiger partial charge on any atom is 0.263 e. The van der Waals surface area contributed by atoms with Crippen LogP contribution in [0.25, 0.3) is 11.5 Å². The summed E-state index contributed by atoms with van der Waals surface area (Å²) in [6.45, 7) is 2.29. The molecule has 6 nitrogen and oxygen atoms in total. The summed E-state index contributed by atoms with van der Waals surface area (Å²) in [5.41, 5.74) is 0.883. The van der Waals surface area contributed by atoms with E-state index in [1.807, 2.05) is 35.2 Å². The average Bonchev–Trinajstić information content (AvgIpc) is 2.89. The van der Waals surface area contributed by atoms with E-state index in [2.05, 4.69) is 15.5 Å². The number of nitrogens with zero attached hydrogens (tertiary/aromatic N) is 3. The van der Waals surface area contributed by atoms with Gasteiger partial charge in [-0.3, -0.25) is 4.79 Å². The van der Waals surface area contributed by atoms with Gasteiger partial charge in [0.05, 0.1) is 0 Å². The molecule has 1 fully saturated rings. The van der Waals surface area contributed by atoms with Crippen molar-refractivity contribution in [1.29, 1.82) is 0 Å². The van der Waals surface area contributed by atoms with E-state index in [4.69, 9.17) is 4.52 Å². The van der Waals surface area contributed by atoms with Crippen LogP contribution < -0.4 is 5.32 Å². The maximum atomic E-state index is 12.2. The summed E-state index contributed by atoms with van der Waals surface area (Å²) in [7, 11) is 0. The minimum atomic E-state index is 0.200. The highest BCUT2D eigenvalue weighted by Crippen LogP contribution is 2.17. The molecule has 2 heterocycles. The van der Waals surface area contributed by atoms with Gasteiger partial charge in [-0.15, -0.1) is 0 Å². The van der Waals surface area contributed by atoms with Crippen LogP contribution in [0.15, 0.2) is 34.9 Å². The Labute approximate surface area is 135 Å². The topological polar surface area (TPSA) is 71.3 Å². The molecule has 1 aliphatic heterocycles. The molecule has 1 N–H and O–H groups in total. The van der Waals surface area contributed by atoms with Crippen molar-refractivity contribution in [3.8, 4) is 11.5 Å². The van der Waals surface area contributed by atoms with Crippen molar-refractivity contribution in [3.63, 3.8) is 0 Å². The number of carbonyl (C=O) groups is 1. The third-order valence-corrected chi connectivity index (χ3v) is 4.03. The highest BCUT2D eigenvalue weighted by molar-refractivity contribution is 5.76. The second kappa shape index (κ2) is 7.76. The number of aromatic nitrogens is 2. The Balaban J connectivity index is 1.47. The third kappa shape index (κ3) is 4.31. The van der Waals surface area contributed by atoms with Crippen molar-refractivity contribution >= 4 is 11.9 Å². The molecule has 1 aromatic carbocycles. The van der Waals surface area contributed by atoms with E-state index >= 15 is 0 Å². The molecular weight excluding hydrogens is 292 g/mol. The van der Waals surface area contributed by atoms with Gasteiger partial charge in [0.25, 0.3) is 11.8 Å². The van der Waals surface area contributed by atoms with Gasteiger partial charge >= 0.3 is 0 Å². The molecule has 6 heteroatoms. The Kier molecular flexibility index (Phi) is 5.24. The van der Waals surface area contributed by atoms with Crippen LogP contribution in [-0.2, 0) is 4.79 Å². The molecule has 122 valence electrons. The molecule has 1 aliphatic rings. The van der Waals surface area contributed by atoms with Gasteiger partial charge < -0.3 is 14.7 Å². The van der Waals surface area contributed by atoms with E-state index in [0.29, 0.717) is 24.8 Å². The zero-order chi connectivity index (χ0) is 15.9. The number of amides is 1. The Morgan fingerprint density at radius 1 is 1.13 bits per heavy atom. The molecule has 1 amide bonds. The molecule has 1 saturated heterocycles. The van der Waals surface area contributed by atoms with E-state index < -0.39 is 0 Å². The van der Waals surface area contributed by atoms with Crippen LogP contribution in [0.3, 0.4) is 0 Å². The molecule has 2 aromatic rings. The number of benzene rings is 1. The predicted octanol–water partition coefficient (Wildman–Crippen LogP) is 2.94. The molecule has 0 spiro atoms. The van der Waals surface area contributed by atoms with Crippen LogP contribution in [0, 0.1) is 0 Å². The first kappa shape index (κ1) is 15.5. The lowest BCUT2D eigenvalue weighted by Gasteiger charge is -2.20. The van der Waals surface area contributed by atoms with Crippen molar-refractivity contribution in [3.05, 3.63) is 30.3 Å². The van der Waals surface area contributed by atoms with Gasteiger partial charge in [-0.2, -0.15) is 4.98 Å². The summed E-state index contributed by atoms with van der Waals surface area (Å²) < 4.78 is 5.22. The molecule has 0 bridgehead atoms. The molecule has 23 heavy (non-hydrogen) atoms. The van der Waals surface area contributed by atoms with Gasteiger partial charge in [-0.25, -0.2) is 0 Å². The Morgan fingerprint density at radius 3 is 2.61 bits per heavy atom. The quantitative estimate of drug-likeness (QED) is 0.918. The summed E-state index contributed by atoms with van der Waals surface area (Å²) in [4.78, 5) is 18.5. The summed E-state index contributed by atoms with van der Waals surface area (Å²) in [6, 6.07) is 9.62. The van der Waals surface area contributed by atoms with Crippen molar-refractivity contribution in [2.24, 2.45) is 0 Å². The van der Waals surface area contributed by atoms with Crippen LogP contribution in [0.2, 0.25) is 0 Å². The fourth-order valence-electron chi connectivity index (χ4n) is 2.75. The Morgan fingerprint density at radius 2 is 1.87 bits per heavy atom. The van der Waals surface area contributed by atoms with Gasteiger partial charge in [0.1, 0.15) is 0 Å². The van der Waals surface area contributed by atoms with Crippen LogP contribution in [0.5, 0.6) is 0 Å². The molecule has 0 saturated carbocycles. The maximum absolute atomic E-state index is 12.2. The number of nitrogens with one attached hydrogen (secondary N) is 1. The first-order chi connectivity index (χ1) is 11.3. The zero-order valence-electron chi connectivity index (χ0n) is 13.2. The molecular formula is C17H22N4O2. The lowest BCUT2D eigenvalue weighted by atomic mass is 10.2. The number of hydrogen-bond acceptors (Lipinski definition) is 5. The van der Waals surface area contributed by atoms with Crippen LogP contribution >= 0.6 is 0 Å². The monoisotopic (exact) mass is 314 g/mol. The standard InChI is InChI=1S/C17H22N4O2/c22-15(21-12-6-1-2-7-13-21)10-11-18-17-19-16(23-20-17)14-8-4-3-5-9-14/h3-5,8-9H,1-2,6-7,10-13H2,(H,18,20). The van der Waals surface area contributed by atoms with E-state index in [1.165, 1.54) is 12.8 Å². The largest absolute Gasteiger partial charge is 0.351 e. The highest BCUT2D eigenvalue weighted by atomic mass is 16.5. The van der Waals surface area contributed by atoms with Gasteiger partial charge in [0.2, 0.25) is 5.91 Å². The summed E-state index contributed by atoms with van der Waals surface area (Å²) in [5, 5.41) is 6.95. The lowest BCUT2D eigenvalue weighted by Crippen LogP contribution is -2.32. The summed E-state index contributed by atoms with van der Waals surface area (Å²) in [6.07, 6.45) is 5.14. The second-order valence-corrected chi connectivity index (χ2v) is 5.76. The summed E-state index contributed by atoms with van der Waals surface area (Å²) >= 11 is 0. The normalized spacial score (nSPS) is 15.2. The summed E-state index contributed by atoms with van der Waals surface area (Å²) in [5.74, 6) is 1.10. The van der Waals surface area contributed by atoms with E-state index in [0.717, 1.165) is 31.5 Å². The van der Waals surface area contributed by atoms with E-state index in [1.54, 1.807) is 0 Å². The second-order valence-electron chi connectivity index (χ2n) is 5.76. The van der Waals surface area contributed by atoms with Crippen molar-refractivity contribution in [1.82, 2.24) is 15.0 Å². The molecule has 0 unspecified atom stereocenters.